The van der Waals surface area contributed by atoms with Crippen LogP contribution in [0.5, 0.6) is 0 Å². The van der Waals surface area contributed by atoms with Crippen molar-refractivity contribution in [1.82, 2.24) is 0 Å². The Morgan fingerprint density at radius 1 is 1.15 bits per heavy atom. The Hall–Kier alpha value is -1.49. The van der Waals surface area contributed by atoms with Crippen LogP contribution in [0.25, 0.3) is 0 Å². The van der Waals surface area contributed by atoms with Crippen LogP contribution in [0.3, 0.4) is 0 Å². The van der Waals surface area contributed by atoms with E-state index < -0.39 is 23.7 Å². The summed E-state index contributed by atoms with van der Waals surface area (Å²) in [5.41, 5.74) is 6.23. The van der Waals surface area contributed by atoms with E-state index in [4.69, 9.17) is 17.3 Å². The summed E-state index contributed by atoms with van der Waals surface area (Å²) in [5.74, 6) is -2.62. The smallest absolute Gasteiger partial charge is 0.164 e. The largest absolute Gasteiger partial charge is 0.388 e. The third-order valence-electron chi connectivity index (χ3n) is 3.21. The fraction of sp³-hybridized carbons (Fsp3) is 0.200. The highest BCUT2D eigenvalue weighted by Crippen LogP contribution is 2.33. The Bertz CT molecular complexity index is 606. The zero-order valence-corrected chi connectivity index (χ0v) is 11.3. The number of rotatable bonds is 4. The van der Waals surface area contributed by atoms with Crippen LogP contribution < -0.4 is 5.73 Å². The molecule has 2 aromatic rings. The van der Waals surface area contributed by atoms with E-state index in [1.54, 1.807) is 24.3 Å². The van der Waals surface area contributed by atoms with E-state index in [2.05, 4.69) is 0 Å². The predicted molar refractivity (Wildman–Crippen MR) is 74.6 cm³/mol. The summed E-state index contributed by atoms with van der Waals surface area (Å²) in [6.45, 7) is 0.0808. The zero-order chi connectivity index (χ0) is 14.7. The molecule has 0 amide bonds. The lowest BCUT2D eigenvalue weighted by atomic mass is 9.89. The summed E-state index contributed by atoms with van der Waals surface area (Å²) in [6, 6.07) is 10.5. The van der Waals surface area contributed by atoms with Gasteiger partial charge in [-0.25, -0.2) is 8.78 Å². The van der Waals surface area contributed by atoms with E-state index in [1.165, 1.54) is 12.1 Å². The maximum absolute atomic E-state index is 13.7. The van der Waals surface area contributed by atoms with E-state index in [0.29, 0.717) is 10.6 Å². The molecule has 0 aliphatic rings. The molecule has 0 saturated heterocycles. The molecule has 0 aromatic heterocycles. The van der Waals surface area contributed by atoms with Crippen LogP contribution in [0.4, 0.5) is 8.78 Å². The molecule has 0 heterocycles. The first kappa shape index (κ1) is 14.9. The van der Waals surface area contributed by atoms with Crippen molar-refractivity contribution in [2.75, 3.05) is 6.54 Å². The SMILES string of the molecule is NCC(c1cccc(Cl)c1)C(O)c1cccc(F)c1F. The number of benzene rings is 2. The van der Waals surface area contributed by atoms with E-state index in [-0.39, 0.29) is 12.1 Å². The molecule has 106 valence electrons. The van der Waals surface area contributed by atoms with Crippen molar-refractivity contribution in [2.45, 2.75) is 12.0 Å². The minimum Gasteiger partial charge on any atom is -0.388 e. The molecule has 0 saturated carbocycles. The van der Waals surface area contributed by atoms with Gasteiger partial charge in [0.05, 0.1) is 6.10 Å². The van der Waals surface area contributed by atoms with E-state index >= 15 is 0 Å². The van der Waals surface area contributed by atoms with Gasteiger partial charge in [0.15, 0.2) is 11.6 Å². The third kappa shape index (κ3) is 2.98. The number of nitrogens with two attached hydrogens (primary N) is 1. The maximum atomic E-state index is 13.7. The summed E-state index contributed by atoms with van der Waals surface area (Å²) < 4.78 is 27.0. The van der Waals surface area contributed by atoms with Crippen LogP contribution in [0.2, 0.25) is 5.02 Å². The lowest BCUT2D eigenvalue weighted by molar-refractivity contribution is 0.142. The monoisotopic (exact) mass is 297 g/mol. The topological polar surface area (TPSA) is 46.2 Å². The van der Waals surface area contributed by atoms with Gasteiger partial charge < -0.3 is 10.8 Å². The predicted octanol–water partition coefficient (Wildman–Crippen LogP) is 3.39. The summed E-state index contributed by atoms with van der Waals surface area (Å²) in [6.07, 6.45) is -1.24. The molecule has 5 heteroatoms. The lowest BCUT2D eigenvalue weighted by Crippen LogP contribution is -2.21. The van der Waals surface area contributed by atoms with Crippen molar-refractivity contribution in [3.05, 3.63) is 70.2 Å². The second kappa shape index (κ2) is 6.31. The number of halogens is 3. The molecule has 0 radical (unpaired) electrons. The van der Waals surface area contributed by atoms with Crippen molar-refractivity contribution in [3.63, 3.8) is 0 Å². The number of hydrogen-bond donors (Lipinski definition) is 2. The van der Waals surface area contributed by atoms with Crippen LogP contribution in [0.15, 0.2) is 42.5 Å². The van der Waals surface area contributed by atoms with Gasteiger partial charge in [0, 0.05) is 23.0 Å². The van der Waals surface area contributed by atoms with Crippen LogP contribution in [0.1, 0.15) is 23.1 Å². The molecule has 3 N–H and O–H groups in total. The highest BCUT2D eigenvalue weighted by molar-refractivity contribution is 6.30. The molecular formula is C15H14ClF2NO. The number of aliphatic hydroxyl groups excluding tert-OH is 1. The van der Waals surface area contributed by atoms with Gasteiger partial charge in [-0.3, -0.25) is 0 Å². The second-order valence-corrected chi connectivity index (χ2v) is 4.92. The van der Waals surface area contributed by atoms with Gasteiger partial charge in [0.1, 0.15) is 0 Å². The van der Waals surface area contributed by atoms with Crippen molar-refractivity contribution >= 4 is 11.6 Å². The minimum atomic E-state index is -1.24. The van der Waals surface area contributed by atoms with Gasteiger partial charge in [-0.2, -0.15) is 0 Å². The second-order valence-electron chi connectivity index (χ2n) is 4.49. The first-order chi connectivity index (χ1) is 9.54. The Balaban J connectivity index is 2.39. The highest BCUT2D eigenvalue weighted by Gasteiger charge is 2.25. The molecule has 2 unspecified atom stereocenters. The first-order valence-electron chi connectivity index (χ1n) is 6.12. The summed E-state index contributed by atoms with van der Waals surface area (Å²) >= 11 is 5.90. The van der Waals surface area contributed by atoms with Gasteiger partial charge in [-0.15, -0.1) is 0 Å². The Kier molecular flexibility index (Phi) is 4.70. The maximum Gasteiger partial charge on any atom is 0.164 e. The number of aliphatic hydroxyl groups is 1. The quantitative estimate of drug-likeness (QED) is 0.908. The molecule has 0 spiro atoms. The Labute approximate surface area is 120 Å². The Morgan fingerprint density at radius 2 is 1.85 bits per heavy atom. The van der Waals surface area contributed by atoms with Crippen LogP contribution in [0, 0.1) is 11.6 Å². The van der Waals surface area contributed by atoms with Gasteiger partial charge in [-0.05, 0) is 23.8 Å². The fourth-order valence-corrected chi connectivity index (χ4v) is 2.35. The highest BCUT2D eigenvalue weighted by atomic mass is 35.5. The minimum absolute atomic E-state index is 0.0808. The van der Waals surface area contributed by atoms with Gasteiger partial charge in [0.2, 0.25) is 0 Å². The summed E-state index contributed by atoms with van der Waals surface area (Å²) in [5, 5.41) is 10.8. The normalized spacial score (nSPS) is 14.1. The number of hydrogen-bond acceptors (Lipinski definition) is 2. The van der Waals surface area contributed by atoms with E-state index in [0.717, 1.165) is 6.07 Å². The van der Waals surface area contributed by atoms with Crippen molar-refractivity contribution < 1.29 is 13.9 Å². The van der Waals surface area contributed by atoms with Crippen molar-refractivity contribution in [2.24, 2.45) is 5.73 Å². The molecule has 2 atom stereocenters. The van der Waals surface area contributed by atoms with Crippen molar-refractivity contribution in [1.29, 1.82) is 0 Å². The summed E-state index contributed by atoms with van der Waals surface area (Å²) in [7, 11) is 0. The van der Waals surface area contributed by atoms with Gasteiger partial charge in [0.25, 0.3) is 0 Å². The molecule has 0 aliphatic heterocycles. The average molecular weight is 298 g/mol. The Morgan fingerprint density at radius 3 is 2.50 bits per heavy atom. The molecule has 2 aromatic carbocycles. The fourth-order valence-electron chi connectivity index (χ4n) is 2.15. The van der Waals surface area contributed by atoms with Crippen LogP contribution >= 0.6 is 11.6 Å². The zero-order valence-electron chi connectivity index (χ0n) is 10.6. The summed E-state index contributed by atoms with van der Waals surface area (Å²) in [4.78, 5) is 0. The molecule has 0 aliphatic carbocycles. The average Bonchev–Trinajstić information content (AvgIpc) is 2.42. The van der Waals surface area contributed by atoms with Crippen molar-refractivity contribution in [3.8, 4) is 0 Å². The van der Waals surface area contributed by atoms with E-state index in [1.807, 2.05) is 0 Å². The molecule has 2 rings (SSSR count). The van der Waals surface area contributed by atoms with Crippen LogP contribution in [-0.4, -0.2) is 11.7 Å². The molecular weight excluding hydrogens is 284 g/mol. The van der Waals surface area contributed by atoms with Gasteiger partial charge >= 0.3 is 0 Å². The lowest BCUT2D eigenvalue weighted by Gasteiger charge is -2.23. The molecule has 0 bridgehead atoms. The molecule has 0 fully saturated rings. The van der Waals surface area contributed by atoms with Crippen LogP contribution in [-0.2, 0) is 0 Å². The van der Waals surface area contributed by atoms with E-state index in [9.17, 15) is 13.9 Å². The molecule has 20 heavy (non-hydrogen) atoms. The van der Waals surface area contributed by atoms with Gasteiger partial charge in [-0.1, -0.05) is 35.9 Å². The first-order valence-corrected chi connectivity index (χ1v) is 6.50. The standard InChI is InChI=1S/C15H14ClF2NO/c16-10-4-1-3-9(7-10)12(8-19)15(20)11-5-2-6-13(17)14(11)18/h1-7,12,15,20H,8,19H2. The molecule has 2 nitrogen and oxygen atoms in total. The third-order valence-corrected chi connectivity index (χ3v) is 3.45.